The largest absolute Gasteiger partial charge is 0.507 e. The highest BCUT2D eigenvalue weighted by atomic mass is 16.3. The Balaban J connectivity index is 1.55. The fourth-order valence-electron chi connectivity index (χ4n) is 4.33. The number of carbonyl (C=O) groups is 2. The van der Waals surface area contributed by atoms with E-state index in [0.29, 0.717) is 24.1 Å². The smallest absolute Gasteiger partial charge is 0.295 e. The number of aliphatic hydroxyl groups excluding tert-OH is 1. The van der Waals surface area contributed by atoms with Crippen molar-refractivity contribution in [3.8, 4) is 0 Å². The van der Waals surface area contributed by atoms with Gasteiger partial charge in [-0.3, -0.25) is 14.6 Å². The zero-order valence-electron chi connectivity index (χ0n) is 17.2. The predicted molar refractivity (Wildman–Crippen MR) is 122 cm³/mol. The van der Waals surface area contributed by atoms with E-state index in [-0.39, 0.29) is 11.3 Å². The first kappa shape index (κ1) is 19.8. The lowest BCUT2D eigenvalue weighted by Gasteiger charge is -2.25. The Morgan fingerprint density at radius 2 is 1.78 bits per heavy atom. The number of aliphatic hydroxyl groups is 1. The summed E-state index contributed by atoms with van der Waals surface area (Å²) in [7, 11) is 0. The topological polar surface area (TPSA) is 86.3 Å². The molecule has 4 aromatic rings. The highest BCUT2D eigenvalue weighted by Gasteiger charge is 2.45. The molecule has 1 amide bonds. The van der Waals surface area contributed by atoms with E-state index >= 15 is 0 Å². The molecule has 2 N–H and O–H groups in total. The van der Waals surface area contributed by atoms with Crippen LogP contribution < -0.4 is 0 Å². The number of aromatic nitrogens is 2. The van der Waals surface area contributed by atoms with Gasteiger partial charge in [-0.1, -0.05) is 54.6 Å². The van der Waals surface area contributed by atoms with E-state index in [1.165, 1.54) is 4.90 Å². The van der Waals surface area contributed by atoms with Gasteiger partial charge in [-0.15, -0.1) is 0 Å². The molecule has 2 aromatic heterocycles. The minimum absolute atomic E-state index is 0.0909. The van der Waals surface area contributed by atoms with Gasteiger partial charge in [0.2, 0.25) is 0 Å². The highest BCUT2D eigenvalue weighted by molar-refractivity contribution is 6.46. The number of hydrogen-bond donors (Lipinski definition) is 2. The average Bonchev–Trinajstić information content (AvgIpc) is 3.37. The summed E-state index contributed by atoms with van der Waals surface area (Å²) in [4.78, 5) is 35.1. The molecule has 0 unspecified atom stereocenters. The summed E-state index contributed by atoms with van der Waals surface area (Å²) in [5.41, 5.74) is 3.36. The number of hydrogen-bond acceptors (Lipinski definition) is 4. The van der Waals surface area contributed by atoms with Crippen molar-refractivity contribution < 1.29 is 14.7 Å². The van der Waals surface area contributed by atoms with Crippen LogP contribution >= 0.6 is 0 Å². The molecule has 1 saturated heterocycles. The molecule has 5 rings (SSSR count). The summed E-state index contributed by atoms with van der Waals surface area (Å²) in [6.07, 6.45) is 5.77. The second-order valence-corrected chi connectivity index (χ2v) is 7.75. The van der Waals surface area contributed by atoms with Crippen molar-refractivity contribution in [3.63, 3.8) is 0 Å². The molecule has 3 heterocycles. The van der Waals surface area contributed by atoms with Gasteiger partial charge >= 0.3 is 0 Å². The Hall–Kier alpha value is -4.19. The number of likely N-dealkylation sites (tertiary alicyclic amines) is 1. The van der Waals surface area contributed by atoms with Gasteiger partial charge in [0.05, 0.1) is 11.6 Å². The molecule has 0 saturated carbocycles. The van der Waals surface area contributed by atoms with Gasteiger partial charge in [-0.05, 0) is 29.7 Å². The third kappa shape index (κ3) is 3.36. The number of pyridine rings is 1. The first-order chi connectivity index (χ1) is 15.6. The Kier molecular flexibility index (Phi) is 5.03. The quantitative estimate of drug-likeness (QED) is 0.286. The number of carbonyl (C=O) groups excluding carboxylic acids is 2. The fourth-order valence-corrected chi connectivity index (χ4v) is 4.33. The highest BCUT2D eigenvalue weighted by Crippen LogP contribution is 2.39. The SMILES string of the molecule is O=C1C(=O)N(CCc2c[nH]c3ccccc23)[C@@H](c2cccnc2)C1=C(O)c1ccccc1. The maximum Gasteiger partial charge on any atom is 0.295 e. The normalized spacial score (nSPS) is 17.9. The summed E-state index contributed by atoms with van der Waals surface area (Å²) < 4.78 is 0. The average molecular weight is 423 g/mol. The minimum atomic E-state index is -0.700. The van der Waals surface area contributed by atoms with Crippen LogP contribution in [0.2, 0.25) is 0 Å². The van der Waals surface area contributed by atoms with E-state index in [2.05, 4.69) is 9.97 Å². The number of aromatic amines is 1. The summed E-state index contributed by atoms with van der Waals surface area (Å²) in [6.45, 7) is 0.331. The van der Waals surface area contributed by atoms with E-state index < -0.39 is 17.7 Å². The fraction of sp³-hybridized carbons (Fsp3) is 0.115. The van der Waals surface area contributed by atoms with Crippen molar-refractivity contribution in [1.29, 1.82) is 0 Å². The van der Waals surface area contributed by atoms with Crippen LogP contribution in [0, 0.1) is 0 Å². The van der Waals surface area contributed by atoms with E-state index in [0.717, 1.165) is 16.5 Å². The van der Waals surface area contributed by atoms with Gasteiger partial charge in [0.1, 0.15) is 5.76 Å². The lowest BCUT2D eigenvalue weighted by molar-refractivity contribution is -0.139. The number of para-hydroxylation sites is 1. The van der Waals surface area contributed by atoms with Crippen molar-refractivity contribution >= 4 is 28.4 Å². The predicted octanol–water partition coefficient (Wildman–Crippen LogP) is 4.23. The van der Waals surface area contributed by atoms with Crippen LogP contribution in [0.15, 0.2) is 90.9 Å². The molecular formula is C26H21N3O3. The molecule has 158 valence electrons. The Labute approximate surface area is 184 Å². The van der Waals surface area contributed by atoms with Crippen LogP contribution in [0.1, 0.15) is 22.7 Å². The number of fused-ring (bicyclic) bond motifs is 1. The third-order valence-electron chi connectivity index (χ3n) is 5.88. The first-order valence-corrected chi connectivity index (χ1v) is 10.4. The molecule has 1 aliphatic rings. The van der Waals surface area contributed by atoms with E-state index in [9.17, 15) is 14.7 Å². The van der Waals surface area contributed by atoms with Crippen LogP contribution in [0.4, 0.5) is 0 Å². The second-order valence-electron chi connectivity index (χ2n) is 7.75. The molecule has 1 atom stereocenters. The van der Waals surface area contributed by atoms with Crippen LogP contribution in [0.3, 0.4) is 0 Å². The number of rotatable bonds is 5. The van der Waals surface area contributed by atoms with Crippen LogP contribution in [-0.2, 0) is 16.0 Å². The lowest BCUT2D eigenvalue weighted by Crippen LogP contribution is -2.31. The van der Waals surface area contributed by atoms with Gasteiger partial charge in [0, 0.05) is 41.6 Å². The number of benzene rings is 2. The monoisotopic (exact) mass is 423 g/mol. The minimum Gasteiger partial charge on any atom is -0.507 e. The standard InChI is InChI=1S/C26H21N3O3/c30-24(17-7-2-1-3-8-17)22-23(19-9-6-13-27-15-19)29(26(32)25(22)31)14-12-18-16-28-21-11-5-4-10-20(18)21/h1-11,13,15-16,23,28,30H,12,14H2/t23-/m0/s1. The molecule has 0 bridgehead atoms. The zero-order chi connectivity index (χ0) is 22.1. The lowest BCUT2D eigenvalue weighted by atomic mass is 9.96. The first-order valence-electron chi connectivity index (χ1n) is 10.4. The van der Waals surface area contributed by atoms with Crippen molar-refractivity contribution in [1.82, 2.24) is 14.9 Å². The Morgan fingerprint density at radius 1 is 1.00 bits per heavy atom. The van der Waals surface area contributed by atoms with Crippen LogP contribution in [0.5, 0.6) is 0 Å². The summed E-state index contributed by atoms with van der Waals surface area (Å²) in [5, 5.41) is 12.1. The number of nitrogens with zero attached hydrogens (tertiary/aromatic N) is 2. The van der Waals surface area contributed by atoms with Crippen molar-refractivity contribution in [2.24, 2.45) is 0 Å². The van der Waals surface area contributed by atoms with E-state index in [1.54, 1.807) is 42.7 Å². The molecule has 6 heteroatoms. The molecular weight excluding hydrogens is 402 g/mol. The van der Waals surface area contributed by atoms with Crippen molar-refractivity contribution in [2.75, 3.05) is 6.54 Å². The molecule has 0 aliphatic carbocycles. The van der Waals surface area contributed by atoms with Crippen LogP contribution in [-0.4, -0.2) is 38.2 Å². The van der Waals surface area contributed by atoms with Gasteiger partial charge < -0.3 is 15.0 Å². The van der Waals surface area contributed by atoms with Crippen molar-refractivity contribution in [3.05, 3.63) is 108 Å². The summed E-state index contributed by atoms with van der Waals surface area (Å²) >= 11 is 0. The summed E-state index contributed by atoms with van der Waals surface area (Å²) in [6, 6.07) is 19.7. The molecule has 1 aliphatic heterocycles. The van der Waals surface area contributed by atoms with Gasteiger partial charge in [-0.25, -0.2) is 0 Å². The molecule has 1 fully saturated rings. The van der Waals surface area contributed by atoms with Gasteiger partial charge in [0.25, 0.3) is 11.7 Å². The van der Waals surface area contributed by atoms with E-state index in [4.69, 9.17) is 0 Å². The molecule has 0 radical (unpaired) electrons. The number of H-pyrrole nitrogens is 1. The van der Waals surface area contributed by atoms with Gasteiger partial charge in [-0.2, -0.15) is 0 Å². The molecule has 32 heavy (non-hydrogen) atoms. The number of Topliss-reactive ketones (excluding diaryl/α,β-unsaturated/α-hetero) is 1. The Bertz CT molecular complexity index is 1330. The van der Waals surface area contributed by atoms with Crippen molar-refractivity contribution in [2.45, 2.75) is 12.5 Å². The van der Waals surface area contributed by atoms with E-state index in [1.807, 2.05) is 42.6 Å². The summed E-state index contributed by atoms with van der Waals surface area (Å²) in [5.74, 6) is -1.47. The number of nitrogens with one attached hydrogen (secondary N) is 1. The second kappa shape index (κ2) is 8.15. The Morgan fingerprint density at radius 3 is 2.56 bits per heavy atom. The maximum absolute atomic E-state index is 13.1. The zero-order valence-corrected chi connectivity index (χ0v) is 17.2. The third-order valence-corrected chi connectivity index (χ3v) is 5.88. The number of ketones is 1. The molecule has 2 aromatic carbocycles. The molecule has 6 nitrogen and oxygen atoms in total. The number of amides is 1. The van der Waals surface area contributed by atoms with Crippen LogP contribution in [0.25, 0.3) is 16.7 Å². The van der Waals surface area contributed by atoms with Gasteiger partial charge in [0.15, 0.2) is 0 Å². The maximum atomic E-state index is 13.1. The molecule has 0 spiro atoms.